The quantitative estimate of drug-likeness (QED) is 0.721. The van der Waals surface area contributed by atoms with Crippen molar-refractivity contribution >= 4 is 37.7 Å². The molecule has 1 saturated carbocycles. The van der Waals surface area contributed by atoms with Crippen LogP contribution in [0.15, 0.2) is 20.0 Å². The zero-order valence-electron chi connectivity index (χ0n) is 11.5. The van der Waals surface area contributed by atoms with Crippen molar-refractivity contribution in [3.63, 3.8) is 0 Å². The molecule has 1 aromatic rings. The molecule has 0 atom stereocenters. The lowest BCUT2D eigenvalue weighted by Crippen LogP contribution is -2.31. The molecule has 1 aliphatic rings. The number of hydrogen-bond donors (Lipinski definition) is 2. The Bertz CT molecular complexity index is 567. The van der Waals surface area contributed by atoms with Crippen LogP contribution in [-0.4, -0.2) is 32.5 Å². The Kier molecular flexibility index (Phi) is 5.23. The second-order valence-corrected chi connectivity index (χ2v) is 8.57. The zero-order valence-corrected chi connectivity index (χ0v) is 14.8. The minimum Gasteiger partial charge on any atom is -0.452 e. The van der Waals surface area contributed by atoms with Crippen LogP contribution in [0.3, 0.4) is 0 Å². The van der Waals surface area contributed by atoms with Gasteiger partial charge in [-0.3, -0.25) is 0 Å². The SMILES string of the molecule is CCNCc1cc(S(=O)(=O)NCC2(SC)CC2)c(Br)o1. The molecule has 0 amide bonds. The highest BCUT2D eigenvalue weighted by molar-refractivity contribution is 9.10. The molecule has 0 radical (unpaired) electrons. The lowest BCUT2D eigenvalue weighted by atomic mass is 10.4. The van der Waals surface area contributed by atoms with Gasteiger partial charge in [-0.05, 0) is 41.6 Å². The standard InChI is InChI=1S/C12H19BrN2O3S2/c1-3-14-7-9-6-10(11(13)18-9)20(16,17)15-8-12(19-2)4-5-12/h6,14-15H,3-5,7-8H2,1-2H3. The van der Waals surface area contributed by atoms with E-state index in [1.54, 1.807) is 17.8 Å². The summed E-state index contributed by atoms with van der Waals surface area (Å²) in [7, 11) is -3.53. The summed E-state index contributed by atoms with van der Waals surface area (Å²) in [5, 5.41) is 3.10. The van der Waals surface area contributed by atoms with Crippen molar-refractivity contribution in [3.05, 3.63) is 16.5 Å². The van der Waals surface area contributed by atoms with Crippen LogP contribution in [0.5, 0.6) is 0 Å². The molecule has 0 saturated heterocycles. The number of rotatable bonds is 8. The van der Waals surface area contributed by atoms with Gasteiger partial charge in [0.15, 0.2) is 4.67 Å². The normalized spacial score (nSPS) is 17.4. The van der Waals surface area contributed by atoms with Crippen LogP contribution < -0.4 is 10.0 Å². The highest BCUT2D eigenvalue weighted by Gasteiger charge is 2.42. The fourth-order valence-corrected chi connectivity index (χ4v) is 4.75. The summed E-state index contributed by atoms with van der Waals surface area (Å²) in [6.45, 7) is 3.76. The van der Waals surface area contributed by atoms with E-state index in [2.05, 4.69) is 26.0 Å². The molecule has 2 rings (SSSR count). The molecular formula is C12H19BrN2O3S2. The molecule has 1 aromatic heterocycles. The predicted molar refractivity (Wildman–Crippen MR) is 84.5 cm³/mol. The van der Waals surface area contributed by atoms with Gasteiger partial charge in [0, 0.05) is 17.4 Å². The first-order valence-electron chi connectivity index (χ1n) is 6.46. The topological polar surface area (TPSA) is 71.3 Å². The fourth-order valence-electron chi connectivity index (χ4n) is 1.81. The van der Waals surface area contributed by atoms with Gasteiger partial charge in [0.2, 0.25) is 10.0 Å². The van der Waals surface area contributed by atoms with E-state index in [9.17, 15) is 8.42 Å². The average molecular weight is 383 g/mol. The third-order valence-electron chi connectivity index (χ3n) is 3.37. The van der Waals surface area contributed by atoms with Crippen molar-refractivity contribution in [3.8, 4) is 0 Å². The molecule has 0 aromatic carbocycles. The van der Waals surface area contributed by atoms with Crippen molar-refractivity contribution < 1.29 is 12.8 Å². The van der Waals surface area contributed by atoms with E-state index in [0.717, 1.165) is 19.4 Å². The Hall–Kier alpha value is -0.0200. The van der Waals surface area contributed by atoms with E-state index in [4.69, 9.17) is 4.42 Å². The van der Waals surface area contributed by atoms with E-state index in [0.29, 0.717) is 18.8 Å². The minimum atomic E-state index is -3.53. The first kappa shape index (κ1) is 16.4. The van der Waals surface area contributed by atoms with Crippen LogP contribution in [0, 0.1) is 0 Å². The molecule has 0 unspecified atom stereocenters. The summed E-state index contributed by atoms with van der Waals surface area (Å²) in [4.78, 5) is 0.169. The Labute approximate surface area is 132 Å². The molecule has 1 heterocycles. The molecule has 114 valence electrons. The number of halogens is 1. The zero-order chi connectivity index (χ0) is 14.8. The van der Waals surface area contributed by atoms with E-state index in [1.807, 2.05) is 13.2 Å². The lowest BCUT2D eigenvalue weighted by molar-refractivity contribution is 0.464. The van der Waals surface area contributed by atoms with Crippen molar-refractivity contribution in [1.29, 1.82) is 0 Å². The maximum absolute atomic E-state index is 12.3. The third kappa shape index (κ3) is 3.79. The van der Waals surface area contributed by atoms with Crippen LogP contribution >= 0.6 is 27.7 Å². The molecule has 8 heteroatoms. The number of thioether (sulfide) groups is 1. The monoisotopic (exact) mass is 382 g/mol. The van der Waals surface area contributed by atoms with Gasteiger partial charge in [-0.1, -0.05) is 6.92 Å². The second kappa shape index (κ2) is 6.39. The van der Waals surface area contributed by atoms with E-state index >= 15 is 0 Å². The van der Waals surface area contributed by atoms with Crippen LogP contribution in [0.25, 0.3) is 0 Å². The van der Waals surface area contributed by atoms with Crippen LogP contribution in [0.4, 0.5) is 0 Å². The number of hydrogen-bond acceptors (Lipinski definition) is 5. The van der Waals surface area contributed by atoms with Gasteiger partial charge in [0.25, 0.3) is 0 Å². The Morgan fingerprint density at radius 3 is 2.75 bits per heavy atom. The predicted octanol–water partition coefficient (Wildman–Crippen LogP) is 2.33. The number of nitrogens with one attached hydrogen (secondary N) is 2. The van der Waals surface area contributed by atoms with Gasteiger partial charge >= 0.3 is 0 Å². The van der Waals surface area contributed by atoms with E-state index < -0.39 is 10.0 Å². The third-order valence-corrected chi connectivity index (χ3v) is 7.05. The molecule has 1 fully saturated rings. The second-order valence-electron chi connectivity index (χ2n) is 4.84. The highest BCUT2D eigenvalue weighted by atomic mass is 79.9. The van der Waals surface area contributed by atoms with E-state index in [1.165, 1.54) is 0 Å². The van der Waals surface area contributed by atoms with Gasteiger partial charge in [0.1, 0.15) is 10.7 Å². The number of sulfonamides is 1. The van der Waals surface area contributed by atoms with Crippen molar-refractivity contribution in [1.82, 2.24) is 10.0 Å². The molecule has 0 aliphatic heterocycles. The molecule has 0 bridgehead atoms. The summed E-state index contributed by atoms with van der Waals surface area (Å²) in [6.07, 6.45) is 4.15. The average Bonchev–Trinajstić information content (AvgIpc) is 3.11. The van der Waals surface area contributed by atoms with Crippen LogP contribution in [-0.2, 0) is 16.6 Å². The summed E-state index contributed by atoms with van der Waals surface area (Å²) < 4.78 is 33.0. The van der Waals surface area contributed by atoms with Gasteiger partial charge in [0.05, 0.1) is 6.54 Å². The van der Waals surface area contributed by atoms with Crippen molar-refractivity contribution in [2.45, 2.75) is 36.0 Å². The summed E-state index contributed by atoms with van der Waals surface area (Å²) in [6, 6.07) is 1.56. The largest absolute Gasteiger partial charge is 0.452 e. The van der Waals surface area contributed by atoms with Gasteiger partial charge in [-0.15, -0.1) is 0 Å². The van der Waals surface area contributed by atoms with Crippen molar-refractivity contribution in [2.75, 3.05) is 19.3 Å². The van der Waals surface area contributed by atoms with Gasteiger partial charge < -0.3 is 9.73 Å². The van der Waals surface area contributed by atoms with Gasteiger partial charge in [-0.2, -0.15) is 11.8 Å². The molecule has 5 nitrogen and oxygen atoms in total. The molecule has 0 spiro atoms. The van der Waals surface area contributed by atoms with E-state index in [-0.39, 0.29) is 14.3 Å². The van der Waals surface area contributed by atoms with Crippen LogP contribution in [0.2, 0.25) is 0 Å². The maximum Gasteiger partial charge on any atom is 0.245 e. The Balaban J connectivity index is 2.06. The van der Waals surface area contributed by atoms with Gasteiger partial charge in [-0.25, -0.2) is 13.1 Å². The molecule has 2 N–H and O–H groups in total. The highest BCUT2D eigenvalue weighted by Crippen LogP contribution is 2.46. The smallest absolute Gasteiger partial charge is 0.245 e. The Morgan fingerprint density at radius 2 is 2.20 bits per heavy atom. The summed E-state index contributed by atoms with van der Waals surface area (Å²) in [5.41, 5.74) is 0. The van der Waals surface area contributed by atoms with Crippen LogP contribution in [0.1, 0.15) is 25.5 Å². The fraction of sp³-hybridized carbons (Fsp3) is 0.667. The molecule has 1 aliphatic carbocycles. The number of furan rings is 1. The molecular weight excluding hydrogens is 364 g/mol. The maximum atomic E-state index is 12.3. The van der Waals surface area contributed by atoms with Crippen molar-refractivity contribution in [2.24, 2.45) is 0 Å². The summed E-state index contributed by atoms with van der Waals surface area (Å²) >= 11 is 4.90. The minimum absolute atomic E-state index is 0.0931. The summed E-state index contributed by atoms with van der Waals surface area (Å²) in [5.74, 6) is 0.602. The molecule has 20 heavy (non-hydrogen) atoms. The first-order valence-corrected chi connectivity index (χ1v) is 9.96. The first-order chi connectivity index (χ1) is 9.42. The Morgan fingerprint density at radius 1 is 1.50 bits per heavy atom. The lowest BCUT2D eigenvalue weighted by Gasteiger charge is -2.12.